The second-order valence-electron chi connectivity index (χ2n) is 23.2. The molecule has 0 aliphatic heterocycles. The summed E-state index contributed by atoms with van der Waals surface area (Å²) in [7, 11) is -6.81. The Kier molecular flexibility index (Phi) is 16.5. The maximum atomic E-state index is 11.2. The van der Waals surface area contributed by atoms with Crippen molar-refractivity contribution in [1.82, 2.24) is 0 Å². The van der Waals surface area contributed by atoms with E-state index in [0.717, 1.165) is 0 Å². The summed E-state index contributed by atoms with van der Waals surface area (Å²) < 4.78 is 35.3. The first-order chi connectivity index (χ1) is 22.3. The van der Waals surface area contributed by atoms with Crippen LogP contribution in [0, 0.1) is 6.07 Å². The second-order valence-corrected chi connectivity index (χ2v) is 41.0. The van der Waals surface area contributed by atoms with Gasteiger partial charge in [-0.15, -0.1) is 0 Å². The number of nitrogens with one attached hydrogen (secondary N) is 1. The third-order valence-corrected chi connectivity index (χ3v) is 30.0. The van der Waals surface area contributed by atoms with Crippen LogP contribution in [0.25, 0.3) is 5.40 Å². The van der Waals surface area contributed by atoms with Gasteiger partial charge in [0.25, 0.3) is 0 Å². The van der Waals surface area contributed by atoms with E-state index in [9.17, 15) is 9.59 Å². The third-order valence-electron chi connectivity index (χ3n) is 10.3. The van der Waals surface area contributed by atoms with Crippen LogP contribution in [0.3, 0.4) is 0 Å². The van der Waals surface area contributed by atoms with Crippen molar-refractivity contribution in [3.05, 3.63) is 41.7 Å². The Morgan fingerprint density at radius 1 is 0.388 bits per heavy atom. The van der Waals surface area contributed by atoms with Gasteiger partial charge < -0.3 is 15.0 Å². The van der Waals surface area contributed by atoms with Gasteiger partial charge in [0.1, 0.15) is 0 Å². The molecule has 0 unspecified atom stereocenters. The van der Waals surface area contributed by atoms with Crippen LogP contribution in [0.1, 0.15) is 194 Å². The molecule has 1 rings (SSSR count). The van der Waals surface area contributed by atoms with E-state index in [2.05, 4.69) is 193 Å². The van der Waals surface area contributed by atoms with E-state index in [1.807, 2.05) is 0 Å². The topological polar surface area (TPSA) is 64.3 Å². The Bertz CT molecular complexity index is 1080. The zero-order chi connectivity index (χ0) is 44.6. The van der Waals surface area contributed by atoms with E-state index in [4.69, 9.17) is 12.3 Å². The van der Waals surface area contributed by atoms with Crippen LogP contribution in [-0.2, 0) is 21.7 Å². The van der Waals surface area contributed by atoms with Crippen LogP contribution in [0.5, 0.6) is 0 Å². The summed E-state index contributed by atoms with van der Waals surface area (Å²) in [6.07, 6.45) is 0. The van der Waals surface area contributed by atoms with Crippen LogP contribution in [-0.4, -0.2) is 34.5 Å². The summed E-state index contributed by atoms with van der Waals surface area (Å²) in [6, 6.07) is 0.536. The summed E-state index contributed by atoms with van der Waals surface area (Å²) >= 11 is 0. The molecule has 0 amide bonds. The molecular formula is C42H89NO2Si3Ti. The molecule has 0 fully saturated rings. The Labute approximate surface area is 335 Å². The van der Waals surface area contributed by atoms with Gasteiger partial charge in [0.05, 0.1) is 0 Å². The van der Waals surface area contributed by atoms with Crippen molar-refractivity contribution in [3.63, 3.8) is 0 Å². The van der Waals surface area contributed by atoms with Gasteiger partial charge in [0, 0.05) is 4.11 Å². The van der Waals surface area contributed by atoms with Gasteiger partial charge in [-0.1, -0.05) is 202 Å². The molecular weight excluding hydrogens is 683 g/mol. The average Bonchev–Trinajstić information content (AvgIpc) is 2.84. The van der Waals surface area contributed by atoms with Crippen LogP contribution in [0.2, 0.25) is 45.3 Å². The van der Waals surface area contributed by atoms with Crippen molar-refractivity contribution in [1.29, 1.82) is 0 Å². The first kappa shape index (κ1) is 45.6. The molecule has 0 heterocycles. The zero-order valence-corrected chi connectivity index (χ0v) is 42.5. The Morgan fingerprint density at radius 2 is 0.551 bits per heavy atom. The Hall–Kier alpha value is 0.465. The van der Waals surface area contributed by atoms with Crippen molar-refractivity contribution in [2.75, 3.05) is 0 Å². The molecule has 0 aromatic heterocycles. The summed E-state index contributed by atoms with van der Waals surface area (Å²) in [5.41, 5.74) is 0. The van der Waals surface area contributed by atoms with E-state index in [-0.39, 0.29) is 97.3 Å². The summed E-state index contributed by atoms with van der Waals surface area (Å²) in [6.45, 7) is 59.3. The first-order valence-electron chi connectivity index (χ1n) is 20.4. The van der Waals surface area contributed by atoms with Gasteiger partial charge in [0.15, 0.2) is 0 Å². The molecule has 0 saturated carbocycles. The van der Waals surface area contributed by atoms with E-state index >= 15 is 0 Å². The molecule has 7 heteroatoms. The minimum atomic E-state index is -2.35. The largest absolute Gasteiger partial charge is 2.00 e. The number of hydrogen-bond donors (Lipinski definition) is 2. The van der Waals surface area contributed by atoms with Crippen molar-refractivity contribution >= 4 is 24.9 Å². The summed E-state index contributed by atoms with van der Waals surface area (Å²) in [5, 5.41) is 9.50. The van der Waals surface area contributed by atoms with Gasteiger partial charge in [-0.05, 0) is 41.2 Å². The van der Waals surface area contributed by atoms with Gasteiger partial charge in [-0.2, -0.15) is 36.3 Å². The fourth-order valence-corrected chi connectivity index (χ4v) is 30.6. The van der Waals surface area contributed by atoms with Gasteiger partial charge in [-0.3, -0.25) is 0 Å². The predicted octanol–water partition coefficient (Wildman–Crippen LogP) is 15.5. The second kappa shape index (κ2) is 17.7. The van der Waals surface area contributed by atoms with Crippen molar-refractivity contribution in [2.45, 2.75) is 232 Å². The molecule has 3 N–H and O–H groups in total. The monoisotopic (exact) mass is 777 g/mol. The molecule has 0 aliphatic rings. The molecule has 0 bridgehead atoms. The third kappa shape index (κ3) is 13.7. The van der Waals surface area contributed by atoms with E-state index < -0.39 is 24.9 Å². The van der Waals surface area contributed by atoms with Gasteiger partial charge in [0.2, 0.25) is 16.6 Å². The Morgan fingerprint density at radius 3 is 0.633 bits per heavy atom. The van der Waals surface area contributed by atoms with Crippen LogP contribution >= 0.6 is 0 Å². The Balaban J connectivity index is -0.000000308. The average molecular weight is 777 g/mol. The normalized spacial score (nSPS) is 16.0. The fourth-order valence-electron chi connectivity index (χ4n) is 10.3. The maximum Gasteiger partial charge on any atom is 2.00 e. The fraction of sp³-hybridized carbons (Fsp3) is 0.857. The van der Waals surface area contributed by atoms with Crippen LogP contribution < -0.4 is 0 Å². The standard InChI is InChI=1S/C12H28NSi.2C12H28OSi.C6H5.Ti/c3*1-10(2,3)14(13,11(4,5)6)12(7,8)9;1-2-4-6-5-3-1;/h3*13H,1-9H3;1-5H;/q-1;;;-1;+2/i;;;1D,2D,3D,4D,5D;. The maximum absolute atomic E-state index is 11.2. The molecule has 0 radical (unpaired) electrons. The molecule has 290 valence electrons. The predicted molar refractivity (Wildman–Crippen MR) is 229 cm³/mol. The van der Waals surface area contributed by atoms with Crippen molar-refractivity contribution in [3.8, 4) is 0 Å². The minimum absolute atomic E-state index is 0. The summed E-state index contributed by atoms with van der Waals surface area (Å²) in [4.78, 5) is 22.3. The SMILES string of the molecule is CC(C)(C)[Si](O)(C(C)(C)C)C(C)(C)C.CC(C)(C)[Si](O)(C(C)(C)C)C(C)(C)C.CC(C)(C)[Si]([NH-])(C(C)(C)C)C(C)(C)C.[2H]c1[c-]c([2H])c([2H])c([2H])c1[2H].[Ti+2]. The number of benzene rings is 1. The van der Waals surface area contributed by atoms with Crippen molar-refractivity contribution < 1.29 is 38.2 Å². The molecule has 1 aromatic carbocycles. The quantitative estimate of drug-likeness (QED) is 0.204. The first-order valence-corrected chi connectivity index (χ1v) is 23.8. The van der Waals surface area contributed by atoms with E-state index in [1.165, 1.54) is 0 Å². The van der Waals surface area contributed by atoms with Gasteiger partial charge >= 0.3 is 21.7 Å². The molecule has 0 spiro atoms. The minimum Gasteiger partial charge on any atom is -0.678 e. The summed E-state index contributed by atoms with van der Waals surface area (Å²) in [5.74, 6) is 0. The molecule has 0 aliphatic carbocycles. The van der Waals surface area contributed by atoms with Crippen LogP contribution in [0.15, 0.2) is 30.2 Å². The van der Waals surface area contributed by atoms with Crippen LogP contribution in [0.4, 0.5) is 0 Å². The molecule has 0 saturated heterocycles. The molecule has 3 nitrogen and oxygen atoms in total. The van der Waals surface area contributed by atoms with E-state index in [1.54, 1.807) is 0 Å². The molecule has 0 atom stereocenters. The smallest absolute Gasteiger partial charge is 0.678 e. The number of hydrogen-bond acceptors (Lipinski definition) is 2. The number of rotatable bonds is 0. The van der Waals surface area contributed by atoms with Crippen molar-refractivity contribution in [2.24, 2.45) is 0 Å². The van der Waals surface area contributed by atoms with E-state index in [0.29, 0.717) is 0 Å². The molecule has 49 heavy (non-hydrogen) atoms. The molecule has 1 aromatic rings. The van der Waals surface area contributed by atoms with Gasteiger partial charge in [-0.25, -0.2) is 0 Å². The zero-order valence-electron chi connectivity index (χ0n) is 42.9.